The van der Waals surface area contributed by atoms with Gasteiger partial charge < -0.3 is 0 Å². The van der Waals surface area contributed by atoms with Gasteiger partial charge in [0, 0.05) is 17.5 Å². The van der Waals surface area contributed by atoms with Crippen molar-refractivity contribution in [1.82, 2.24) is 19.7 Å². The summed E-state index contributed by atoms with van der Waals surface area (Å²) in [4.78, 5) is 8.45. The highest BCUT2D eigenvalue weighted by molar-refractivity contribution is 5.61. The van der Waals surface area contributed by atoms with Crippen molar-refractivity contribution in [3.05, 3.63) is 60.2 Å². The Balaban J connectivity index is 2.03. The summed E-state index contributed by atoms with van der Waals surface area (Å²) in [5.41, 5.74) is 3.13. The average molecular weight is 261 g/mol. The van der Waals surface area contributed by atoms with Gasteiger partial charge in [0.15, 0.2) is 0 Å². The Morgan fingerprint density at radius 1 is 1.10 bits per heavy atom. The monoisotopic (exact) mass is 261 g/mol. The normalized spacial score (nSPS) is 10.2. The summed E-state index contributed by atoms with van der Waals surface area (Å²) in [6.45, 7) is 1.83. The van der Waals surface area contributed by atoms with E-state index in [-0.39, 0.29) is 0 Å². The van der Waals surface area contributed by atoms with Crippen LogP contribution >= 0.6 is 0 Å². The highest BCUT2D eigenvalue weighted by Gasteiger charge is 2.07. The summed E-state index contributed by atoms with van der Waals surface area (Å²) in [5, 5.41) is 13.2. The molecule has 3 aromatic rings. The van der Waals surface area contributed by atoms with Gasteiger partial charge in [0.2, 0.25) is 0 Å². The first-order valence-electron chi connectivity index (χ1n) is 6.12. The maximum absolute atomic E-state index is 8.95. The Hall–Kier alpha value is -3.00. The molecule has 0 saturated carbocycles. The smallest absolute Gasteiger partial charge is 0.216 e. The molecule has 5 heteroatoms. The molecule has 96 valence electrons. The predicted molar refractivity (Wildman–Crippen MR) is 74.0 cm³/mol. The van der Waals surface area contributed by atoms with E-state index in [0.717, 1.165) is 16.8 Å². The van der Waals surface area contributed by atoms with Gasteiger partial charge in [0.05, 0.1) is 6.20 Å². The zero-order chi connectivity index (χ0) is 13.9. The Labute approximate surface area is 116 Å². The van der Waals surface area contributed by atoms with E-state index in [9.17, 15) is 0 Å². The topological polar surface area (TPSA) is 67.4 Å². The third kappa shape index (κ3) is 2.27. The van der Waals surface area contributed by atoms with Gasteiger partial charge in [-0.2, -0.15) is 10.4 Å². The molecule has 5 nitrogen and oxygen atoms in total. The lowest BCUT2D eigenvalue weighted by Crippen LogP contribution is -2.04. The molecule has 0 fully saturated rings. The molecule has 0 unspecified atom stereocenters. The van der Waals surface area contributed by atoms with E-state index >= 15 is 0 Å². The number of nitrogens with zero attached hydrogens (tertiary/aromatic N) is 5. The molecule has 2 aromatic heterocycles. The highest BCUT2D eigenvalue weighted by Crippen LogP contribution is 2.18. The number of aryl methyl sites for hydroxylation is 1. The second kappa shape index (κ2) is 4.94. The molecule has 2 heterocycles. The van der Waals surface area contributed by atoms with Crippen molar-refractivity contribution in [1.29, 1.82) is 5.26 Å². The summed E-state index contributed by atoms with van der Waals surface area (Å²) in [6, 6.07) is 13.6. The molecule has 0 aliphatic rings. The molecule has 3 rings (SSSR count). The number of benzene rings is 1. The molecule has 0 atom stereocenters. The summed E-state index contributed by atoms with van der Waals surface area (Å²) in [5.74, 6) is 0.406. The lowest BCUT2D eigenvalue weighted by Gasteiger charge is -2.01. The first-order chi connectivity index (χ1) is 9.76. The van der Waals surface area contributed by atoms with Crippen LogP contribution in [0, 0.1) is 18.3 Å². The minimum atomic E-state index is 0.337. The molecule has 0 bridgehead atoms. The highest BCUT2D eigenvalue weighted by atomic mass is 15.3. The van der Waals surface area contributed by atoms with Crippen LogP contribution < -0.4 is 0 Å². The largest absolute Gasteiger partial charge is 0.252 e. The Morgan fingerprint density at radius 3 is 2.65 bits per heavy atom. The van der Waals surface area contributed by atoms with Gasteiger partial charge >= 0.3 is 0 Å². The fourth-order valence-electron chi connectivity index (χ4n) is 1.92. The fourth-order valence-corrected chi connectivity index (χ4v) is 1.92. The van der Waals surface area contributed by atoms with Crippen molar-refractivity contribution >= 4 is 0 Å². The van der Waals surface area contributed by atoms with E-state index in [2.05, 4.69) is 15.1 Å². The summed E-state index contributed by atoms with van der Waals surface area (Å²) in [6.07, 6.45) is 3.61. The van der Waals surface area contributed by atoms with Gasteiger partial charge in [-0.05, 0) is 18.6 Å². The number of nitriles is 1. The Morgan fingerprint density at radius 2 is 1.90 bits per heavy atom. The van der Waals surface area contributed by atoms with Gasteiger partial charge in [-0.15, -0.1) is 0 Å². The number of hydrogen-bond donors (Lipinski definition) is 0. The summed E-state index contributed by atoms with van der Waals surface area (Å²) in [7, 11) is 0. The van der Waals surface area contributed by atoms with Gasteiger partial charge in [0.1, 0.15) is 11.8 Å². The molecule has 0 aliphatic heterocycles. The molecule has 0 saturated heterocycles. The van der Waals surface area contributed by atoms with Gasteiger partial charge in [-0.1, -0.05) is 30.3 Å². The lowest BCUT2D eigenvalue weighted by atomic mass is 10.1. The average Bonchev–Trinajstić information content (AvgIpc) is 2.97. The van der Waals surface area contributed by atoms with Gasteiger partial charge in [0.25, 0.3) is 5.95 Å². The lowest BCUT2D eigenvalue weighted by molar-refractivity contribution is 0.798. The van der Waals surface area contributed by atoms with Crippen LogP contribution in [0.5, 0.6) is 0 Å². The first kappa shape index (κ1) is 12.1. The molecule has 0 N–H and O–H groups in total. The maximum Gasteiger partial charge on any atom is 0.252 e. The van der Waals surface area contributed by atoms with Crippen LogP contribution in [0.25, 0.3) is 17.1 Å². The second-order valence-corrected chi connectivity index (χ2v) is 4.35. The van der Waals surface area contributed by atoms with Crippen molar-refractivity contribution < 1.29 is 0 Å². The SMILES string of the molecule is Cc1cc(C#N)nc(-n2cc(-c3ccccc3)cn2)n1. The fraction of sp³-hybridized carbons (Fsp3) is 0.0667. The molecule has 20 heavy (non-hydrogen) atoms. The van der Waals surface area contributed by atoms with E-state index < -0.39 is 0 Å². The summed E-state index contributed by atoms with van der Waals surface area (Å²) >= 11 is 0. The number of aromatic nitrogens is 4. The molecule has 0 amide bonds. The molecule has 0 aliphatic carbocycles. The Kier molecular flexibility index (Phi) is 2.98. The van der Waals surface area contributed by atoms with Crippen molar-refractivity contribution in [3.63, 3.8) is 0 Å². The third-order valence-electron chi connectivity index (χ3n) is 2.85. The molecule has 0 spiro atoms. The van der Waals surface area contributed by atoms with Gasteiger partial charge in [-0.3, -0.25) is 0 Å². The first-order valence-corrected chi connectivity index (χ1v) is 6.12. The van der Waals surface area contributed by atoms with Crippen molar-refractivity contribution in [2.75, 3.05) is 0 Å². The zero-order valence-corrected chi connectivity index (χ0v) is 10.9. The quantitative estimate of drug-likeness (QED) is 0.710. The predicted octanol–water partition coefficient (Wildman–Crippen LogP) is 2.51. The van der Waals surface area contributed by atoms with Crippen LogP contribution in [-0.4, -0.2) is 19.7 Å². The van der Waals surface area contributed by atoms with E-state index in [1.54, 1.807) is 16.9 Å². The van der Waals surface area contributed by atoms with Crippen LogP contribution in [-0.2, 0) is 0 Å². The number of hydrogen-bond acceptors (Lipinski definition) is 4. The maximum atomic E-state index is 8.95. The van der Waals surface area contributed by atoms with Crippen LogP contribution in [0.15, 0.2) is 48.8 Å². The molecule has 1 aromatic carbocycles. The van der Waals surface area contributed by atoms with E-state index in [0.29, 0.717) is 11.6 Å². The zero-order valence-electron chi connectivity index (χ0n) is 10.9. The number of rotatable bonds is 2. The van der Waals surface area contributed by atoms with Gasteiger partial charge in [-0.25, -0.2) is 14.6 Å². The second-order valence-electron chi connectivity index (χ2n) is 4.35. The standard InChI is InChI=1S/C15H11N5/c1-11-7-14(8-16)19-15(18-11)20-10-13(9-17-20)12-5-3-2-4-6-12/h2-7,9-10H,1H3. The summed E-state index contributed by atoms with van der Waals surface area (Å²) < 4.78 is 1.58. The van der Waals surface area contributed by atoms with Crippen LogP contribution in [0.3, 0.4) is 0 Å². The van der Waals surface area contributed by atoms with Crippen molar-refractivity contribution in [3.8, 4) is 23.1 Å². The van der Waals surface area contributed by atoms with Crippen molar-refractivity contribution in [2.45, 2.75) is 6.92 Å². The van der Waals surface area contributed by atoms with E-state index in [4.69, 9.17) is 5.26 Å². The van der Waals surface area contributed by atoms with E-state index in [1.807, 2.05) is 49.5 Å². The van der Waals surface area contributed by atoms with Crippen LogP contribution in [0.1, 0.15) is 11.4 Å². The van der Waals surface area contributed by atoms with Crippen molar-refractivity contribution in [2.24, 2.45) is 0 Å². The van der Waals surface area contributed by atoms with Crippen LogP contribution in [0.4, 0.5) is 0 Å². The Bertz CT molecular complexity index is 784. The van der Waals surface area contributed by atoms with E-state index in [1.165, 1.54) is 0 Å². The molecule has 0 radical (unpaired) electrons. The molecular weight excluding hydrogens is 250 g/mol. The minimum Gasteiger partial charge on any atom is -0.216 e. The van der Waals surface area contributed by atoms with Crippen LogP contribution in [0.2, 0.25) is 0 Å². The third-order valence-corrected chi connectivity index (χ3v) is 2.85. The molecular formula is C15H11N5. The minimum absolute atomic E-state index is 0.337.